The summed E-state index contributed by atoms with van der Waals surface area (Å²) in [6, 6.07) is 0.0250. The zero-order valence-corrected chi connectivity index (χ0v) is 9.66. The van der Waals surface area contributed by atoms with Gasteiger partial charge in [0.15, 0.2) is 5.13 Å². The van der Waals surface area contributed by atoms with Gasteiger partial charge in [-0.1, -0.05) is 11.3 Å². The summed E-state index contributed by atoms with van der Waals surface area (Å²) in [5.41, 5.74) is 0. The largest absolute Gasteiger partial charge is 0.478 e. The molecule has 7 heteroatoms. The first-order valence-corrected chi connectivity index (χ1v) is 5.89. The fourth-order valence-electron chi connectivity index (χ4n) is 1.12. The molecule has 6 nitrogen and oxygen atoms in total. The predicted molar refractivity (Wildman–Crippen MR) is 64.0 cm³/mol. The van der Waals surface area contributed by atoms with E-state index in [1.54, 1.807) is 0 Å². The molecular formula is C10H11N3O3S. The van der Waals surface area contributed by atoms with Gasteiger partial charge in [-0.3, -0.25) is 5.32 Å². The number of carboxylic acid groups (broad SMARTS) is 1. The third-order valence-corrected chi connectivity index (χ3v) is 2.92. The highest BCUT2D eigenvalue weighted by molar-refractivity contribution is 7.16. The molecule has 1 saturated carbocycles. The molecule has 0 aromatic carbocycles. The standard InChI is InChI=1S/C10H11N3O3S/c14-8(15)4-3-7-5-11-10(17-7)13-9(16)12-6-1-2-6/h3-6H,1-2H2,(H,14,15)(H2,11,12,13,16). The van der Waals surface area contributed by atoms with E-state index in [0.29, 0.717) is 16.1 Å². The second kappa shape index (κ2) is 4.96. The van der Waals surface area contributed by atoms with E-state index in [1.807, 2.05) is 0 Å². The summed E-state index contributed by atoms with van der Waals surface area (Å²) in [5.74, 6) is -1.01. The number of aromatic nitrogens is 1. The number of nitrogens with one attached hydrogen (secondary N) is 2. The molecule has 1 fully saturated rings. The summed E-state index contributed by atoms with van der Waals surface area (Å²) in [7, 11) is 0. The molecular weight excluding hydrogens is 242 g/mol. The van der Waals surface area contributed by atoms with Gasteiger partial charge in [-0.25, -0.2) is 14.6 Å². The molecule has 0 aliphatic heterocycles. The Balaban J connectivity index is 1.88. The van der Waals surface area contributed by atoms with Crippen molar-refractivity contribution in [2.75, 3.05) is 5.32 Å². The smallest absolute Gasteiger partial charge is 0.328 e. The average molecular weight is 253 g/mol. The minimum Gasteiger partial charge on any atom is -0.478 e. The lowest BCUT2D eigenvalue weighted by atomic mass is 10.4. The maximum absolute atomic E-state index is 11.4. The van der Waals surface area contributed by atoms with Crippen LogP contribution in [0.1, 0.15) is 17.7 Å². The van der Waals surface area contributed by atoms with Gasteiger partial charge >= 0.3 is 12.0 Å². The van der Waals surface area contributed by atoms with Gasteiger partial charge < -0.3 is 10.4 Å². The van der Waals surface area contributed by atoms with Crippen molar-refractivity contribution < 1.29 is 14.7 Å². The molecule has 2 rings (SSSR count). The maximum Gasteiger partial charge on any atom is 0.328 e. The first kappa shape index (κ1) is 11.6. The van der Waals surface area contributed by atoms with Crippen LogP contribution in [0.4, 0.5) is 9.93 Å². The second-order valence-corrected chi connectivity index (χ2v) is 4.67. The fourth-order valence-corrected chi connectivity index (χ4v) is 1.84. The molecule has 1 aliphatic rings. The highest BCUT2D eigenvalue weighted by Crippen LogP contribution is 2.21. The molecule has 0 bridgehead atoms. The Bertz CT molecular complexity index is 465. The predicted octanol–water partition coefficient (Wildman–Crippen LogP) is 1.52. The van der Waals surface area contributed by atoms with Gasteiger partial charge in [0.25, 0.3) is 0 Å². The first-order chi connectivity index (χ1) is 8.13. The number of carbonyl (C=O) groups excluding carboxylic acids is 1. The molecule has 90 valence electrons. The number of hydrogen-bond donors (Lipinski definition) is 3. The van der Waals surface area contributed by atoms with Crippen LogP contribution in [0, 0.1) is 0 Å². The molecule has 1 heterocycles. The Morgan fingerprint density at radius 1 is 1.53 bits per heavy atom. The first-order valence-electron chi connectivity index (χ1n) is 5.08. The lowest BCUT2D eigenvalue weighted by Crippen LogP contribution is -2.30. The number of hydrogen-bond acceptors (Lipinski definition) is 4. The van der Waals surface area contributed by atoms with Crippen molar-refractivity contribution in [3.05, 3.63) is 17.2 Å². The monoisotopic (exact) mass is 253 g/mol. The minimum atomic E-state index is -1.01. The second-order valence-electron chi connectivity index (χ2n) is 3.61. The summed E-state index contributed by atoms with van der Waals surface area (Å²) in [6.45, 7) is 0. The van der Waals surface area contributed by atoms with Crippen LogP contribution < -0.4 is 10.6 Å². The van der Waals surface area contributed by atoms with Crippen LogP contribution in [0.25, 0.3) is 6.08 Å². The van der Waals surface area contributed by atoms with Crippen LogP contribution in [0.3, 0.4) is 0 Å². The molecule has 0 radical (unpaired) electrons. The summed E-state index contributed by atoms with van der Waals surface area (Å²) >= 11 is 1.22. The van der Waals surface area contributed by atoms with Gasteiger partial charge in [-0.05, 0) is 18.9 Å². The Morgan fingerprint density at radius 3 is 2.94 bits per heavy atom. The van der Waals surface area contributed by atoms with Crippen LogP contribution in [-0.2, 0) is 4.79 Å². The van der Waals surface area contributed by atoms with Crippen LogP contribution in [0.2, 0.25) is 0 Å². The highest BCUT2D eigenvalue weighted by atomic mass is 32.1. The van der Waals surface area contributed by atoms with Crippen molar-refractivity contribution in [2.24, 2.45) is 0 Å². The number of aliphatic carboxylic acids is 1. The van der Waals surface area contributed by atoms with Crippen LogP contribution in [-0.4, -0.2) is 28.1 Å². The van der Waals surface area contributed by atoms with Crippen molar-refractivity contribution >= 4 is 34.5 Å². The zero-order valence-electron chi connectivity index (χ0n) is 8.84. The molecule has 0 unspecified atom stereocenters. The quantitative estimate of drug-likeness (QED) is 0.709. The van der Waals surface area contributed by atoms with Gasteiger partial charge in [0.05, 0.1) is 0 Å². The van der Waals surface area contributed by atoms with E-state index in [0.717, 1.165) is 18.9 Å². The fraction of sp³-hybridized carbons (Fsp3) is 0.300. The molecule has 2 amide bonds. The average Bonchev–Trinajstić information content (AvgIpc) is 2.94. The molecule has 17 heavy (non-hydrogen) atoms. The molecule has 3 N–H and O–H groups in total. The van der Waals surface area contributed by atoms with Crippen LogP contribution >= 0.6 is 11.3 Å². The normalized spacial score (nSPS) is 14.8. The lowest BCUT2D eigenvalue weighted by molar-refractivity contribution is -0.131. The summed E-state index contributed by atoms with van der Waals surface area (Å²) < 4.78 is 0. The SMILES string of the molecule is O=C(O)C=Cc1cnc(NC(=O)NC2CC2)s1. The number of nitrogens with zero attached hydrogens (tertiary/aromatic N) is 1. The van der Waals surface area contributed by atoms with Crippen molar-refractivity contribution in [3.8, 4) is 0 Å². The highest BCUT2D eigenvalue weighted by Gasteiger charge is 2.23. The molecule has 0 saturated heterocycles. The van der Waals surface area contributed by atoms with Gasteiger partial charge in [0.2, 0.25) is 0 Å². The Labute approximate surface area is 101 Å². The molecule has 1 aliphatic carbocycles. The number of rotatable bonds is 4. The van der Waals surface area contributed by atoms with Gasteiger partial charge in [0.1, 0.15) is 0 Å². The van der Waals surface area contributed by atoms with Crippen LogP contribution in [0.5, 0.6) is 0 Å². The lowest BCUT2D eigenvalue weighted by Gasteiger charge is -2.01. The number of carboxylic acids is 1. The van der Waals surface area contributed by atoms with Crippen molar-refractivity contribution in [2.45, 2.75) is 18.9 Å². The number of amides is 2. The van der Waals surface area contributed by atoms with Crippen molar-refractivity contribution in [1.29, 1.82) is 0 Å². The van der Waals surface area contributed by atoms with Gasteiger partial charge in [0, 0.05) is 23.2 Å². The third kappa shape index (κ3) is 3.87. The Hall–Kier alpha value is -1.89. The van der Waals surface area contributed by atoms with E-state index in [2.05, 4.69) is 15.6 Å². The molecule has 0 atom stereocenters. The van der Waals surface area contributed by atoms with Gasteiger partial charge in [-0.15, -0.1) is 0 Å². The van der Waals surface area contributed by atoms with Crippen molar-refractivity contribution in [1.82, 2.24) is 10.3 Å². The minimum absolute atomic E-state index is 0.268. The van der Waals surface area contributed by atoms with Crippen LogP contribution in [0.15, 0.2) is 12.3 Å². The van der Waals surface area contributed by atoms with E-state index < -0.39 is 5.97 Å². The molecule has 1 aromatic heterocycles. The van der Waals surface area contributed by atoms with E-state index in [4.69, 9.17) is 5.11 Å². The van der Waals surface area contributed by atoms with Crippen molar-refractivity contribution in [3.63, 3.8) is 0 Å². The summed E-state index contributed by atoms with van der Waals surface area (Å²) in [6.07, 6.45) is 6.03. The Morgan fingerprint density at radius 2 is 2.29 bits per heavy atom. The topological polar surface area (TPSA) is 91.3 Å². The number of urea groups is 1. The number of thiazole rings is 1. The number of carbonyl (C=O) groups is 2. The third-order valence-electron chi connectivity index (χ3n) is 2.05. The molecule has 0 spiro atoms. The van der Waals surface area contributed by atoms with E-state index >= 15 is 0 Å². The molecule has 1 aromatic rings. The van der Waals surface area contributed by atoms with E-state index in [9.17, 15) is 9.59 Å². The van der Waals surface area contributed by atoms with Gasteiger partial charge in [-0.2, -0.15) is 0 Å². The number of anilines is 1. The summed E-state index contributed by atoms with van der Waals surface area (Å²) in [4.78, 5) is 26.3. The maximum atomic E-state index is 11.4. The Kier molecular flexibility index (Phi) is 3.38. The van der Waals surface area contributed by atoms with E-state index in [-0.39, 0.29) is 6.03 Å². The van der Waals surface area contributed by atoms with E-state index in [1.165, 1.54) is 23.6 Å². The summed E-state index contributed by atoms with van der Waals surface area (Å²) in [5, 5.41) is 14.3. The zero-order chi connectivity index (χ0) is 12.3.